The van der Waals surface area contributed by atoms with Crippen molar-refractivity contribution in [2.75, 3.05) is 27.8 Å². The fourth-order valence-electron chi connectivity index (χ4n) is 3.39. The maximum Gasteiger partial charge on any atom is 0.188 e. The first-order valence-corrected chi connectivity index (χ1v) is 11.2. The minimum atomic E-state index is -0.818. The van der Waals surface area contributed by atoms with Gasteiger partial charge in [-0.1, -0.05) is 29.9 Å². The Morgan fingerprint density at radius 1 is 1.06 bits per heavy atom. The van der Waals surface area contributed by atoms with Gasteiger partial charge in [0, 0.05) is 26.2 Å². The maximum absolute atomic E-state index is 11.7. The molecule has 0 aliphatic carbocycles. The van der Waals surface area contributed by atoms with Gasteiger partial charge in [0.2, 0.25) is 0 Å². The highest BCUT2D eigenvalue weighted by atomic mass is 16.7. The number of benzene rings is 1. The average molecular weight is 461 g/mol. The number of hydrogen-bond acceptors (Lipinski definition) is 6. The number of methoxy groups -OCH3 is 2. The fourth-order valence-corrected chi connectivity index (χ4v) is 3.39. The van der Waals surface area contributed by atoms with Gasteiger partial charge in [-0.3, -0.25) is 4.79 Å². The summed E-state index contributed by atoms with van der Waals surface area (Å²) >= 11 is 0. The Kier molecular flexibility index (Phi) is 13.4. The van der Waals surface area contributed by atoms with Crippen molar-refractivity contribution in [3.05, 3.63) is 58.2 Å². The van der Waals surface area contributed by atoms with Crippen LogP contribution in [0.15, 0.2) is 41.5 Å². The minimum Gasteiger partial charge on any atom is -0.467 e. The molecule has 33 heavy (non-hydrogen) atoms. The van der Waals surface area contributed by atoms with Crippen molar-refractivity contribution in [1.29, 1.82) is 0 Å². The molecule has 0 aliphatic rings. The van der Waals surface area contributed by atoms with Gasteiger partial charge in [-0.25, -0.2) is 0 Å². The van der Waals surface area contributed by atoms with Crippen molar-refractivity contribution in [3.63, 3.8) is 0 Å². The third-order valence-corrected chi connectivity index (χ3v) is 5.28. The molecule has 0 aliphatic heterocycles. The Hall–Kier alpha value is -2.41. The van der Waals surface area contributed by atoms with E-state index in [4.69, 9.17) is 18.9 Å². The zero-order chi connectivity index (χ0) is 24.8. The van der Waals surface area contributed by atoms with Crippen LogP contribution in [0.3, 0.4) is 0 Å². The summed E-state index contributed by atoms with van der Waals surface area (Å²) in [6, 6.07) is 1.76. The normalized spacial score (nSPS) is 12.3. The van der Waals surface area contributed by atoms with Crippen LogP contribution in [0, 0.1) is 6.92 Å². The molecular weight excluding hydrogens is 420 g/mol. The van der Waals surface area contributed by atoms with Crippen LogP contribution in [0.2, 0.25) is 0 Å². The first-order chi connectivity index (χ1) is 15.7. The first kappa shape index (κ1) is 28.6. The van der Waals surface area contributed by atoms with Crippen molar-refractivity contribution in [2.24, 2.45) is 0 Å². The van der Waals surface area contributed by atoms with E-state index in [1.54, 1.807) is 13.0 Å². The molecule has 1 unspecified atom stereocenters. The third kappa shape index (κ3) is 9.95. The van der Waals surface area contributed by atoms with E-state index in [0.717, 1.165) is 25.5 Å². The number of aldehydes is 1. The van der Waals surface area contributed by atoms with Crippen LogP contribution in [-0.4, -0.2) is 45.3 Å². The minimum absolute atomic E-state index is 0.0322. The molecule has 0 fully saturated rings. The smallest absolute Gasteiger partial charge is 0.188 e. The number of aryl methyl sites for hydroxylation is 1. The number of ether oxygens (including phenoxy) is 4. The SMILES string of the molecule is C=C(CC/C=C(\C)CCC=C(C)C)C(O)Cc1c(OCOC)cc(C)c(C=O)c1OCOC. The lowest BCUT2D eigenvalue weighted by atomic mass is 9.94. The standard InChI is InChI=1S/C27H40O6/c1-19(2)10-8-11-20(3)12-9-13-21(4)25(29)15-23-26(32-17-30-6)14-22(5)24(16-28)27(23)33-18-31-7/h10,12,14,16,25,29H,4,8-9,11,13,15,17-18H2,1-3,5-7H3/b20-12+. The van der Waals surface area contributed by atoms with Gasteiger partial charge in [0.15, 0.2) is 19.9 Å². The lowest BCUT2D eigenvalue weighted by Crippen LogP contribution is -2.17. The zero-order valence-electron chi connectivity index (χ0n) is 21.0. The van der Waals surface area contributed by atoms with Gasteiger partial charge >= 0.3 is 0 Å². The third-order valence-electron chi connectivity index (χ3n) is 5.28. The largest absolute Gasteiger partial charge is 0.467 e. The van der Waals surface area contributed by atoms with Crippen LogP contribution in [0.1, 0.15) is 67.9 Å². The average Bonchev–Trinajstić information content (AvgIpc) is 2.77. The van der Waals surface area contributed by atoms with Crippen LogP contribution in [0.25, 0.3) is 0 Å². The Morgan fingerprint density at radius 2 is 1.70 bits per heavy atom. The van der Waals surface area contributed by atoms with E-state index in [9.17, 15) is 9.90 Å². The molecule has 0 radical (unpaired) electrons. The molecule has 0 amide bonds. The van der Waals surface area contributed by atoms with Crippen molar-refractivity contribution in [2.45, 2.75) is 65.9 Å². The summed E-state index contributed by atoms with van der Waals surface area (Å²) in [6.07, 6.45) is 8.10. The molecule has 0 heterocycles. The molecule has 1 aromatic rings. The summed E-state index contributed by atoms with van der Waals surface area (Å²) in [7, 11) is 3.03. The van der Waals surface area contributed by atoms with E-state index >= 15 is 0 Å². The van der Waals surface area contributed by atoms with Crippen molar-refractivity contribution < 1.29 is 28.8 Å². The highest BCUT2D eigenvalue weighted by Crippen LogP contribution is 2.36. The van der Waals surface area contributed by atoms with Crippen LogP contribution >= 0.6 is 0 Å². The predicted molar refractivity (Wildman–Crippen MR) is 132 cm³/mol. The number of hydrogen-bond donors (Lipinski definition) is 1. The van der Waals surface area contributed by atoms with E-state index in [2.05, 4.69) is 39.5 Å². The fraction of sp³-hybridized carbons (Fsp3) is 0.519. The van der Waals surface area contributed by atoms with Crippen LogP contribution < -0.4 is 9.47 Å². The van der Waals surface area contributed by atoms with Crippen molar-refractivity contribution in [1.82, 2.24) is 0 Å². The summed E-state index contributed by atoms with van der Waals surface area (Å²) in [5.41, 5.74) is 5.06. The maximum atomic E-state index is 11.7. The second-order valence-electron chi connectivity index (χ2n) is 8.42. The van der Waals surface area contributed by atoms with Crippen molar-refractivity contribution in [3.8, 4) is 11.5 Å². The molecule has 1 N–H and O–H groups in total. The van der Waals surface area contributed by atoms with E-state index in [0.29, 0.717) is 40.2 Å². The molecule has 6 nitrogen and oxygen atoms in total. The summed E-state index contributed by atoms with van der Waals surface area (Å²) in [5.74, 6) is 0.840. The number of carbonyl (C=O) groups excluding carboxylic acids is 1. The van der Waals surface area contributed by atoms with E-state index in [1.807, 2.05) is 0 Å². The number of aliphatic hydroxyl groups excluding tert-OH is 1. The highest BCUT2D eigenvalue weighted by molar-refractivity contribution is 5.83. The van der Waals surface area contributed by atoms with Crippen LogP contribution in [0.5, 0.6) is 11.5 Å². The van der Waals surface area contributed by atoms with Gasteiger partial charge in [-0.15, -0.1) is 0 Å². The molecule has 0 spiro atoms. The summed E-state index contributed by atoms with van der Waals surface area (Å²) in [4.78, 5) is 11.7. The second kappa shape index (κ2) is 15.4. The van der Waals surface area contributed by atoms with Gasteiger partial charge in [0.25, 0.3) is 0 Å². The predicted octanol–water partition coefficient (Wildman–Crippen LogP) is 5.71. The van der Waals surface area contributed by atoms with Crippen LogP contribution in [-0.2, 0) is 15.9 Å². The molecule has 1 atom stereocenters. The molecular formula is C27H40O6. The summed E-state index contributed by atoms with van der Waals surface area (Å²) < 4.78 is 21.5. The Labute approximate surface area is 198 Å². The molecule has 0 saturated carbocycles. The molecule has 0 aromatic heterocycles. The van der Waals surface area contributed by atoms with Crippen molar-refractivity contribution >= 4 is 6.29 Å². The van der Waals surface area contributed by atoms with E-state index in [-0.39, 0.29) is 20.0 Å². The number of allylic oxidation sites excluding steroid dienone is 4. The van der Waals surface area contributed by atoms with Crippen LogP contribution in [0.4, 0.5) is 0 Å². The molecule has 6 heteroatoms. The zero-order valence-corrected chi connectivity index (χ0v) is 21.0. The number of rotatable bonds is 16. The molecule has 184 valence electrons. The van der Waals surface area contributed by atoms with Gasteiger partial charge in [0.1, 0.15) is 11.5 Å². The number of aliphatic hydroxyl groups is 1. The van der Waals surface area contributed by atoms with E-state index < -0.39 is 6.10 Å². The topological polar surface area (TPSA) is 74.2 Å². The Bertz CT molecular complexity index is 834. The van der Waals surface area contributed by atoms with E-state index in [1.165, 1.54) is 25.4 Å². The lowest BCUT2D eigenvalue weighted by Gasteiger charge is -2.22. The molecule has 0 saturated heterocycles. The van der Waals surface area contributed by atoms with Gasteiger partial charge in [0.05, 0.1) is 11.7 Å². The molecule has 1 aromatic carbocycles. The Balaban J connectivity index is 2.98. The highest BCUT2D eigenvalue weighted by Gasteiger charge is 2.22. The van der Waals surface area contributed by atoms with Gasteiger partial charge in [-0.2, -0.15) is 0 Å². The Morgan fingerprint density at radius 3 is 2.30 bits per heavy atom. The molecule has 1 rings (SSSR count). The van der Waals surface area contributed by atoms with Gasteiger partial charge < -0.3 is 24.1 Å². The van der Waals surface area contributed by atoms with Gasteiger partial charge in [-0.05, 0) is 70.6 Å². The summed E-state index contributed by atoms with van der Waals surface area (Å²) in [6.45, 7) is 12.2. The lowest BCUT2D eigenvalue weighted by molar-refractivity contribution is 0.0434. The molecule has 0 bridgehead atoms. The monoisotopic (exact) mass is 460 g/mol. The number of carbonyl (C=O) groups is 1. The summed E-state index contributed by atoms with van der Waals surface area (Å²) in [5, 5.41) is 10.9. The quantitative estimate of drug-likeness (QED) is 0.194. The first-order valence-electron chi connectivity index (χ1n) is 11.2. The second-order valence-corrected chi connectivity index (χ2v) is 8.42.